The monoisotopic (exact) mass is 256 g/mol. The highest BCUT2D eigenvalue weighted by molar-refractivity contribution is 6.21. The highest BCUT2D eigenvalue weighted by Crippen LogP contribution is 2.12. The second-order valence-corrected chi connectivity index (χ2v) is 3.72. The van der Waals surface area contributed by atoms with E-state index in [0.29, 0.717) is 0 Å². The molecular formula is C8H14Cl2N2O3. The Morgan fingerprint density at radius 1 is 1.00 bits per heavy atom. The maximum atomic E-state index is 10.9. The third kappa shape index (κ3) is 4.68. The van der Waals surface area contributed by atoms with E-state index in [4.69, 9.17) is 28.3 Å². The first-order chi connectivity index (χ1) is 6.77. The summed E-state index contributed by atoms with van der Waals surface area (Å²) in [4.78, 5) is 21.7. The maximum absolute atomic E-state index is 10.9. The molecule has 7 heteroatoms. The van der Waals surface area contributed by atoms with Crippen LogP contribution in [0.3, 0.4) is 0 Å². The van der Waals surface area contributed by atoms with Gasteiger partial charge in [-0.3, -0.25) is 9.59 Å². The maximum Gasteiger partial charge on any atom is 0.236 e. The molecule has 5 nitrogen and oxygen atoms in total. The molecule has 0 aliphatic carbocycles. The molecule has 0 rings (SSSR count). The number of hydrogen-bond acceptors (Lipinski definition) is 3. The van der Waals surface area contributed by atoms with Crippen LogP contribution in [0.4, 0.5) is 0 Å². The number of hydrogen-bond donors (Lipinski definition) is 0. The van der Waals surface area contributed by atoms with Crippen LogP contribution >= 0.6 is 23.6 Å². The predicted octanol–water partition coefficient (Wildman–Crippen LogP) is 1.70. The summed E-state index contributed by atoms with van der Waals surface area (Å²) in [5.74, 6) is -0.694. The van der Waals surface area contributed by atoms with Crippen molar-refractivity contribution >= 4 is 35.4 Å². The highest BCUT2D eigenvalue weighted by Gasteiger charge is 2.22. The van der Waals surface area contributed by atoms with E-state index in [1.807, 2.05) is 0 Å². The van der Waals surface area contributed by atoms with Crippen molar-refractivity contribution in [3.63, 3.8) is 0 Å². The van der Waals surface area contributed by atoms with Crippen molar-refractivity contribution in [1.82, 2.24) is 8.84 Å². The molecule has 0 spiro atoms. The molecule has 0 aliphatic rings. The zero-order valence-corrected chi connectivity index (χ0v) is 10.5. The fraction of sp³-hybridized carbons (Fsp3) is 0.750. The van der Waals surface area contributed by atoms with Gasteiger partial charge in [0.25, 0.3) is 0 Å². The standard InChI is InChI=1S/C8H14Cl2N2O3/c1-5(13)11(9)7(3)15-8(4)12(10)6(2)14/h7-8H,1-4H3. The fourth-order valence-corrected chi connectivity index (χ4v) is 0.996. The number of rotatable bonds is 4. The number of nitrogens with zero attached hydrogens (tertiary/aromatic N) is 2. The summed E-state index contributed by atoms with van der Waals surface area (Å²) in [6.45, 7) is 5.77. The van der Waals surface area contributed by atoms with Crippen LogP contribution in [0.15, 0.2) is 0 Å². The van der Waals surface area contributed by atoms with Crippen LogP contribution in [0.2, 0.25) is 0 Å². The van der Waals surface area contributed by atoms with Crippen LogP contribution in [-0.2, 0) is 14.3 Å². The van der Waals surface area contributed by atoms with Crippen LogP contribution in [0.1, 0.15) is 27.7 Å². The third-order valence-corrected chi connectivity index (χ3v) is 2.66. The van der Waals surface area contributed by atoms with Gasteiger partial charge in [-0.2, -0.15) is 0 Å². The summed E-state index contributed by atoms with van der Waals surface area (Å²) in [5.41, 5.74) is 0. The SMILES string of the molecule is CC(=O)N(Cl)C(C)OC(C)N(Cl)C(C)=O. The van der Waals surface area contributed by atoms with Gasteiger partial charge in [-0.15, -0.1) is 0 Å². The molecule has 0 aliphatic heterocycles. The Kier molecular flexibility index (Phi) is 5.93. The van der Waals surface area contributed by atoms with Crippen molar-refractivity contribution < 1.29 is 14.3 Å². The lowest BCUT2D eigenvalue weighted by Crippen LogP contribution is -2.39. The van der Waals surface area contributed by atoms with Gasteiger partial charge in [0.05, 0.1) is 0 Å². The van der Waals surface area contributed by atoms with Crippen molar-refractivity contribution in [2.24, 2.45) is 0 Å². The first-order valence-corrected chi connectivity index (χ1v) is 5.01. The Labute approximate surface area is 99.1 Å². The molecule has 2 atom stereocenters. The summed E-state index contributed by atoms with van der Waals surface area (Å²) >= 11 is 11.2. The number of ether oxygens (including phenoxy) is 1. The van der Waals surface area contributed by atoms with Gasteiger partial charge in [0.2, 0.25) is 11.8 Å². The van der Waals surface area contributed by atoms with Gasteiger partial charge in [0.15, 0.2) is 0 Å². The molecule has 0 aromatic rings. The Morgan fingerprint density at radius 3 is 1.47 bits per heavy atom. The molecule has 2 amide bonds. The summed E-state index contributed by atoms with van der Waals surface area (Å²) in [6.07, 6.45) is -1.33. The van der Waals surface area contributed by atoms with Gasteiger partial charge in [0, 0.05) is 37.4 Å². The molecule has 0 saturated carbocycles. The number of amides is 2. The number of carbonyl (C=O) groups excluding carboxylic acids is 2. The minimum absolute atomic E-state index is 0.347. The molecule has 88 valence electrons. The molecule has 0 aromatic heterocycles. The first-order valence-electron chi connectivity index (χ1n) is 4.34. The van der Waals surface area contributed by atoms with Crippen LogP contribution in [0.25, 0.3) is 0 Å². The van der Waals surface area contributed by atoms with Gasteiger partial charge in [0.1, 0.15) is 12.5 Å². The topological polar surface area (TPSA) is 49.9 Å². The van der Waals surface area contributed by atoms with E-state index >= 15 is 0 Å². The molecule has 0 bridgehead atoms. The van der Waals surface area contributed by atoms with Crippen molar-refractivity contribution in [1.29, 1.82) is 0 Å². The average molecular weight is 257 g/mol. The zero-order valence-electron chi connectivity index (χ0n) is 9.03. The molecule has 15 heavy (non-hydrogen) atoms. The van der Waals surface area contributed by atoms with Crippen molar-refractivity contribution in [2.75, 3.05) is 0 Å². The van der Waals surface area contributed by atoms with Crippen LogP contribution in [-0.4, -0.2) is 33.1 Å². The fourth-order valence-electron chi connectivity index (χ4n) is 0.904. The summed E-state index contributed by atoms with van der Waals surface area (Å²) in [5, 5.41) is 0. The van der Waals surface area contributed by atoms with Crippen molar-refractivity contribution in [3.8, 4) is 0 Å². The second kappa shape index (κ2) is 6.15. The quantitative estimate of drug-likeness (QED) is 0.569. The van der Waals surface area contributed by atoms with Crippen LogP contribution < -0.4 is 0 Å². The Morgan fingerprint density at radius 2 is 1.27 bits per heavy atom. The minimum atomic E-state index is -0.667. The van der Waals surface area contributed by atoms with E-state index in [1.165, 1.54) is 13.8 Å². The summed E-state index contributed by atoms with van der Waals surface area (Å²) in [6, 6.07) is 0. The van der Waals surface area contributed by atoms with E-state index in [2.05, 4.69) is 0 Å². The molecular weight excluding hydrogens is 243 g/mol. The lowest BCUT2D eigenvalue weighted by Gasteiger charge is -2.27. The number of carbonyl (C=O) groups is 2. The van der Waals surface area contributed by atoms with Gasteiger partial charge < -0.3 is 4.74 Å². The summed E-state index contributed by atoms with van der Waals surface area (Å²) in [7, 11) is 0. The van der Waals surface area contributed by atoms with E-state index < -0.39 is 12.5 Å². The molecule has 0 aromatic carbocycles. The van der Waals surface area contributed by atoms with E-state index in [0.717, 1.165) is 8.84 Å². The normalized spacial score (nSPS) is 14.3. The first kappa shape index (κ1) is 14.5. The Hall–Kier alpha value is -0.520. The lowest BCUT2D eigenvalue weighted by atomic mass is 10.5. The van der Waals surface area contributed by atoms with Gasteiger partial charge in [-0.05, 0) is 13.8 Å². The minimum Gasteiger partial charge on any atom is -0.333 e. The Bertz CT molecular complexity index is 226. The highest BCUT2D eigenvalue weighted by atomic mass is 35.5. The molecule has 0 fully saturated rings. The molecule has 0 radical (unpaired) electrons. The lowest BCUT2D eigenvalue weighted by molar-refractivity contribution is -0.148. The van der Waals surface area contributed by atoms with Crippen molar-refractivity contribution in [2.45, 2.75) is 40.2 Å². The third-order valence-electron chi connectivity index (χ3n) is 1.63. The van der Waals surface area contributed by atoms with Gasteiger partial charge >= 0.3 is 0 Å². The van der Waals surface area contributed by atoms with E-state index in [1.54, 1.807) is 13.8 Å². The predicted molar refractivity (Wildman–Crippen MR) is 56.8 cm³/mol. The van der Waals surface area contributed by atoms with Crippen LogP contribution in [0.5, 0.6) is 0 Å². The van der Waals surface area contributed by atoms with Gasteiger partial charge in [-0.1, -0.05) is 0 Å². The van der Waals surface area contributed by atoms with Gasteiger partial charge in [-0.25, -0.2) is 8.84 Å². The van der Waals surface area contributed by atoms with Crippen LogP contribution in [0, 0.1) is 0 Å². The molecule has 0 N–H and O–H groups in total. The molecule has 0 saturated heterocycles. The van der Waals surface area contributed by atoms with E-state index in [-0.39, 0.29) is 11.8 Å². The number of halogens is 2. The second-order valence-electron chi connectivity index (χ2n) is 3.00. The summed E-state index contributed by atoms with van der Waals surface area (Å²) < 4.78 is 7.02. The molecule has 2 unspecified atom stereocenters. The average Bonchev–Trinajstić information content (AvgIpc) is 2.14. The Balaban J connectivity index is 4.23. The van der Waals surface area contributed by atoms with Crippen molar-refractivity contribution in [3.05, 3.63) is 0 Å². The van der Waals surface area contributed by atoms with E-state index in [9.17, 15) is 9.59 Å². The largest absolute Gasteiger partial charge is 0.333 e. The zero-order chi connectivity index (χ0) is 12.2. The smallest absolute Gasteiger partial charge is 0.236 e. The molecule has 0 heterocycles.